The molecule has 5 heteroatoms. The van der Waals surface area contributed by atoms with Crippen molar-refractivity contribution in [1.29, 1.82) is 0 Å². The number of carbonyl (C=O) groups is 2. The third-order valence-electron chi connectivity index (χ3n) is 2.60. The van der Waals surface area contributed by atoms with Crippen molar-refractivity contribution in [2.24, 2.45) is 0 Å². The lowest BCUT2D eigenvalue weighted by Gasteiger charge is -2.31. The molecule has 5 nitrogen and oxygen atoms in total. The first kappa shape index (κ1) is 10.6. The van der Waals surface area contributed by atoms with E-state index in [1.54, 1.807) is 24.3 Å². The van der Waals surface area contributed by atoms with Crippen LogP contribution in [0.4, 0.5) is 0 Å². The molecule has 1 aromatic heterocycles. The summed E-state index contributed by atoms with van der Waals surface area (Å²) in [5.74, 6) is -0.0347. The van der Waals surface area contributed by atoms with Crippen molar-refractivity contribution in [3.63, 3.8) is 0 Å². The molecule has 0 radical (unpaired) electrons. The van der Waals surface area contributed by atoms with E-state index in [4.69, 9.17) is 0 Å². The van der Waals surface area contributed by atoms with Crippen LogP contribution in [0.5, 0.6) is 0 Å². The van der Waals surface area contributed by atoms with E-state index in [0.717, 1.165) is 5.56 Å². The maximum atomic E-state index is 11.7. The average molecular weight is 219 g/mol. The van der Waals surface area contributed by atoms with E-state index in [1.165, 1.54) is 4.90 Å². The zero-order chi connectivity index (χ0) is 11.5. The largest absolute Gasteiger partial charge is 0.335 e. The molecule has 1 aliphatic rings. The fourth-order valence-corrected chi connectivity index (χ4v) is 1.62. The lowest BCUT2D eigenvalue weighted by Crippen LogP contribution is -2.51. The maximum Gasteiger partial charge on any atom is 0.242 e. The van der Waals surface area contributed by atoms with Gasteiger partial charge in [-0.1, -0.05) is 0 Å². The molecule has 1 fully saturated rings. The van der Waals surface area contributed by atoms with Crippen LogP contribution in [-0.4, -0.2) is 46.7 Å². The van der Waals surface area contributed by atoms with Crippen LogP contribution in [0.1, 0.15) is 5.56 Å². The van der Waals surface area contributed by atoms with Crippen LogP contribution in [0.2, 0.25) is 0 Å². The van der Waals surface area contributed by atoms with Gasteiger partial charge in [-0.15, -0.1) is 0 Å². The van der Waals surface area contributed by atoms with Crippen molar-refractivity contribution in [2.75, 3.05) is 20.1 Å². The summed E-state index contributed by atoms with van der Waals surface area (Å²) in [6.45, 7) is 0.808. The van der Waals surface area contributed by atoms with E-state index < -0.39 is 0 Å². The van der Waals surface area contributed by atoms with Gasteiger partial charge in [0.2, 0.25) is 11.8 Å². The number of carbonyl (C=O) groups excluding carboxylic acids is 2. The third-order valence-corrected chi connectivity index (χ3v) is 2.60. The van der Waals surface area contributed by atoms with Crippen molar-refractivity contribution in [3.8, 4) is 0 Å². The van der Waals surface area contributed by atoms with Crippen LogP contribution < -0.4 is 0 Å². The average Bonchev–Trinajstić information content (AvgIpc) is 2.27. The molecule has 2 heterocycles. The van der Waals surface area contributed by atoms with E-state index >= 15 is 0 Å². The van der Waals surface area contributed by atoms with Gasteiger partial charge < -0.3 is 9.80 Å². The zero-order valence-corrected chi connectivity index (χ0v) is 9.09. The fraction of sp³-hybridized carbons (Fsp3) is 0.364. The highest BCUT2D eigenvalue weighted by molar-refractivity contribution is 5.92. The Morgan fingerprint density at radius 1 is 1.19 bits per heavy atom. The van der Waals surface area contributed by atoms with E-state index in [0.29, 0.717) is 6.54 Å². The minimum Gasteiger partial charge on any atom is -0.335 e. The molecule has 2 amide bonds. The standard InChI is InChI=1S/C11H13N3O2/c1-13-7-11(16)14(8-10(13)15)6-9-2-4-12-5-3-9/h2-5H,6-8H2,1H3. The molecule has 84 valence electrons. The quantitative estimate of drug-likeness (QED) is 0.697. The second-order valence-corrected chi connectivity index (χ2v) is 3.86. The lowest BCUT2D eigenvalue weighted by molar-refractivity contribution is -0.149. The first-order valence-corrected chi connectivity index (χ1v) is 5.07. The molecule has 0 atom stereocenters. The van der Waals surface area contributed by atoms with Gasteiger partial charge >= 0.3 is 0 Å². The number of pyridine rings is 1. The van der Waals surface area contributed by atoms with E-state index in [9.17, 15) is 9.59 Å². The number of piperazine rings is 1. The van der Waals surface area contributed by atoms with E-state index in [1.807, 2.05) is 12.1 Å². The number of nitrogens with zero attached hydrogens (tertiary/aromatic N) is 3. The summed E-state index contributed by atoms with van der Waals surface area (Å²) in [5, 5.41) is 0. The smallest absolute Gasteiger partial charge is 0.242 e. The zero-order valence-electron chi connectivity index (χ0n) is 9.09. The first-order chi connectivity index (χ1) is 7.66. The number of amides is 2. The minimum absolute atomic E-state index is 0.0149. The molecular weight excluding hydrogens is 206 g/mol. The Morgan fingerprint density at radius 2 is 1.88 bits per heavy atom. The third kappa shape index (κ3) is 2.18. The number of hydrogen-bond acceptors (Lipinski definition) is 3. The van der Waals surface area contributed by atoms with Gasteiger partial charge in [0.25, 0.3) is 0 Å². The van der Waals surface area contributed by atoms with Gasteiger partial charge in [0.15, 0.2) is 0 Å². The molecule has 0 spiro atoms. The predicted molar refractivity (Wildman–Crippen MR) is 57.3 cm³/mol. The van der Waals surface area contributed by atoms with Gasteiger partial charge in [0.1, 0.15) is 6.54 Å². The van der Waals surface area contributed by atoms with Gasteiger partial charge in [-0.3, -0.25) is 14.6 Å². The van der Waals surface area contributed by atoms with Gasteiger partial charge in [0.05, 0.1) is 6.54 Å². The molecule has 0 N–H and O–H groups in total. The second kappa shape index (κ2) is 4.30. The molecule has 16 heavy (non-hydrogen) atoms. The van der Waals surface area contributed by atoms with Gasteiger partial charge in [-0.25, -0.2) is 0 Å². The van der Waals surface area contributed by atoms with Crippen molar-refractivity contribution in [2.45, 2.75) is 6.54 Å². The highest BCUT2D eigenvalue weighted by Gasteiger charge is 2.27. The first-order valence-electron chi connectivity index (χ1n) is 5.07. The molecule has 1 saturated heterocycles. The molecule has 1 aliphatic heterocycles. The topological polar surface area (TPSA) is 53.5 Å². The molecule has 0 aliphatic carbocycles. The van der Waals surface area contributed by atoms with E-state index in [2.05, 4.69) is 4.98 Å². The number of hydrogen-bond donors (Lipinski definition) is 0. The van der Waals surface area contributed by atoms with Crippen LogP contribution >= 0.6 is 0 Å². The Labute approximate surface area is 93.7 Å². The summed E-state index contributed by atoms with van der Waals surface area (Å²) in [6.07, 6.45) is 3.36. The summed E-state index contributed by atoms with van der Waals surface area (Å²) in [5.41, 5.74) is 0.987. The van der Waals surface area contributed by atoms with Crippen molar-refractivity contribution < 1.29 is 9.59 Å². The van der Waals surface area contributed by atoms with Crippen LogP contribution in [-0.2, 0) is 16.1 Å². The fourth-order valence-electron chi connectivity index (χ4n) is 1.62. The van der Waals surface area contributed by atoms with Crippen molar-refractivity contribution >= 4 is 11.8 Å². The Hall–Kier alpha value is -1.91. The summed E-state index contributed by atoms with van der Waals surface area (Å²) >= 11 is 0. The van der Waals surface area contributed by atoms with Crippen molar-refractivity contribution in [1.82, 2.24) is 14.8 Å². The molecule has 0 bridgehead atoms. The Balaban J connectivity index is 2.05. The summed E-state index contributed by atoms with van der Waals surface area (Å²) in [6, 6.07) is 3.69. The van der Waals surface area contributed by atoms with Crippen LogP contribution in [0.3, 0.4) is 0 Å². The van der Waals surface area contributed by atoms with Crippen molar-refractivity contribution in [3.05, 3.63) is 30.1 Å². The molecule has 2 rings (SSSR count). The second-order valence-electron chi connectivity index (χ2n) is 3.86. The Kier molecular flexibility index (Phi) is 2.85. The van der Waals surface area contributed by atoms with Crippen LogP contribution in [0.15, 0.2) is 24.5 Å². The van der Waals surface area contributed by atoms with Gasteiger partial charge in [0, 0.05) is 26.0 Å². The molecule has 0 aromatic carbocycles. The maximum absolute atomic E-state index is 11.7. The normalized spacial score (nSPS) is 16.8. The highest BCUT2D eigenvalue weighted by Crippen LogP contribution is 2.08. The lowest BCUT2D eigenvalue weighted by atomic mass is 10.2. The molecular formula is C11H13N3O2. The van der Waals surface area contributed by atoms with Gasteiger partial charge in [-0.2, -0.15) is 0 Å². The number of rotatable bonds is 2. The number of aromatic nitrogens is 1. The minimum atomic E-state index is -0.0198. The van der Waals surface area contributed by atoms with E-state index in [-0.39, 0.29) is 24.9 Å². The molecule has 0 saturated carbocycles. The highest BCUT2D eigenvalue weighted by atomic mass is 16.2. The summed E-state index contributed by atoms with van der Waals surface area (Å²) < 4.78 is 0. The molecule has 0 unspecified atom stereocenters. The summed E-state index contributed by atoms with van der Waals surface area (Å²) in [7, 11) is 1.64. The number of likely N-dealkylation sites (N-methyl/N-ethyl adjacent to an activating group) is 1. The monoisotopic (exact) mass is 219 g/mol. The Bertz CT molecular complexity index is 405. The Morgan fingerprint density at radius 3 is 2.56 bits per heavy atom. The van der Waals surface area contributed by atoms with Crippen LogP contribution in [0, 0.1) is 0 Å². The van der Waals surface area contributed by atoms with Gasteiger partial charge in [-0.05, 0) is 17.7 Å². The van der Waals surface area contributed by atoms with Crippen LogP contribution in [0.25, 0.3) is 0 Å². The SMILES string of the molecule is CN1CC(=O)N(Cc2ccncc2)CC1=O. The molecule has 1 aromatic rings. The summed E-state index contributed by atoms with van der Waals surface area (Å²) in [4.78, 5) is 30.1. The predicted octanol–water partition coefficient (Wildman–Crippen LogP) is -0.118.